The van der Waals surface area contributed by atoms with Gasteiger partial charge in [0, 0.05) is 47.3 Å². The van der Waals surface area contributed by atoms with Gasteiger partial charge in [0.05, 0.1) is 53.0 Å². The molecule has 0 aliphatic carbocycles. The number of rotatable bonds is 8. The van der Waals surface area contributed by atoms with Crippen LogP contribution in [0.25, 0.3) is 55.6 Å². The van der Waals surface area contributed by atoms with Gasteiger partial charge in [-0.2, -0.15) is 5.10 Å². The Hall–Kier alpha value is -5.01. The summed E-state index contributed by atoms with van der Waals surface area (Å²) in [4.78, 5) is 29.1. The molecule has 0 saturated heterocycles. The number of carbonyl (C=O) groups excluding carboxylic acids is 1. The van der Waals surface area contributed by atoms with Crippen molar-refractivity contribution >= 4 is 43.4 Å². The Morgan fingerprint density at radius 1 is 0.911 bits per heavy atom. The van der Waals surface area contributed by atoms with E-state index >= 15 is 0 Å². The Morgan fingerprint density at radius 2 is 1.71 bits per heavy atom. The highest BCUT2D eigenvalue weighted by Crippen LogP contribution is 2.35. The van der Waals surface area contributed by atoms with Crippen molar-refractivity contribution < 1.29 is 17.6 Å². The average Bonchev–Trinajstić information content (AvgIpc) is 3.58. The largest absolute Gasteiger partial charge is 0.352 e. The van der Waals surface area contributed by atoms with Crippen LogP contribution in [0.2, 0.25) is 0 Å². The van der Waals surface area contributed by atoms with Gasteiger partial charge in [-0.3, -0.25) is 24.8 Å². The van der Waals surface area contributed by atoms with E-state index in [9.17, 15) is 17.6 Å². The highest BCUT2D eigenvalue weighted by Gasteiger charge is 2.18. The molecule has 5 aromatic heterocycles. The summed E-state index contributed by atoms with van der Waals surface area (Å²) >= 11 is 0. The molecule has 6 rings (SSSR count). The maximum Gasteiger partial charge on any atom is 0.224 e. The molecule has 0 radical (unpaired) electrons. The molecule has 13 heteroatoms. The molecule has 4 N–H and O–H groups in total. The van der Waals surface area contributed by atoms with Gasteiger partial charge in [0.2, 0.25) is 15.9 Å². The lowest BCUT2D eigenvalue weighted by Gasteiger charge is -2.17. The van der Waals surface area contributed by atoms with Crippen molar-refractivity contribution in [2.75, 3.05) is 11.6 Å². The topological polar surface area (TPSA) is 158 Å². The van der Waals surface area contributed by atoms with Crippen molar-refractivity contribution in [1.82, 2.24) is 34.9 Å². The number of amides is 1. The van der Waals surface area contributed by atoms with Crippen LogP contribution in [0.4, 0.5) is 10.1 Å². The van der Waals surface area contributed by atoms with E-state index in [4.69, 9.17) is 0 Å². The Kier molecular flexibility index (Phi) is 7.67. The van der Waals surface area contributed by atoms with Crippen molar-refractivity contribution in [3.63, 3.8) is 0 Å². The zero-order valence-corrected chi connectivity index (χ0v) is 25.9. The molecule has 6 aromatic rings. The predicted molar refractivity (Wildman–Crippen MR) is 172 cm³/mol. The lowest BCUT2D eigenvalue weighted by molar-refractivity contribution is -0.117. The maximum atomic E-state index is 14.6. The summed E-state index contributed by atoms with van der Waals surface area (Å²) in [5.41, 5.74) is 6.33. The van der Waals surface area contributed by atoms with Gasteiger partial charge < -0.3 is 10.3 Å². The third-order valence-corrected chi connectivity index (χ3v) is 7.73. The second-order valence-corrected chi connectivity index (χ2v) is 14.0. The monoisotopic (exact) mass is 626 g/mol. The van der Waals surface area contributed by atoms with Crippen LogP contribution in [-0.4, -0.2) is 50.7 Å². The molecule has 0 bridgehead atoms. The lowest BCUT2D eigenvalue weighted by atomic mass is 9.92. The van der Waals surface area contributed by atoms with E-state index in [1.165, 1.54) is 12.1 Å². The minimum atomic E-state index is -3.45. The average molecular weight is 627 g/mol. The molecular formula is C32H31FN8O3S. The van der Waals surface area contributed by atoms with Crippen LogP contribution in [0.3, 0.4) is 0 Å². The van der Waals surface area contributed by atoms with Gasteiger partial charge in [-0.15, -0.1) is 0 Å². The van der Waals surface area contributed by atoms with Gasteiger partial charge in [0.15, 0.2) is 0 Å². The first-order valence-corrected chi connectivity index (χ1v) is 16.0. The third kappa shape index (κ3) is 6.89. The normalized spacial score (nSPS) is 12.2. The number of H-pyrrole nitrogens is 2. The standard InChI is InChI=1S/C32H31FN8O3S/c1-32(2,3)11-30(42)38-22-8-20(13-34-14-22)26-10-24-29(17-36-26)40-41-31(24)27-9-23-25(15-35-16-28(23)39-27)19-5-18(6-21(33)7-19)12-37-45(4,43)44/h5-10,13-17,37,39H,11-12H2,1-4H3,(H,38,42)(H,40,41). The minimum absolute atomic E-state index is 0.0390. The second kappa shape index (κ2) is 11.5. The number of carbonyl (C=O) groups is 1. The number of hydrogen-bond acceptors (Lipinski definition) is 7. The van der Waals surface area contributed by atoms with Gasteiger partial charge in [-0.25, -0.2) is 17.5 Å². The number of benzene rings is 1. The van der Waals surface area contributed by atoms with E-state index in [1.54, 1.807) is 37.1 Å². The SMILES string of the molecule is CC(C)(C)CC(=O)Nc1cncc(-c2cc3c(-c4cc5c(-c6cc(F)cc(CNS(C)(=O)=O)c6)cncc5[nH]4)n[nH]c3cn2)c1. The van der Waals surface area contributed by atoms with E-state index in [0.29, 0.717) is 45.9 Å². The molecule has 0 fully saturated rings. The van der Waals surface area contributed by atoms with Gasteiger partial charge >= 0.3 is 0 Å². The molecule has 1 aromatic carbocycles. The fourth-order valence-electron chi connectivity index (χ4n) is 5.15. The molecule has 230 valence electrons. The van der Waals surface area contributed by atoms with E-state index < -0.39 is 15.8 Å². The molecule has 1 amide bonds. The molecule has 0 saturated carbocycles. The first-order chi connectivity index (χ1) is 21.3. The number of anilines is 1. The minimum Gasteiger partial charge on any atom is -0.352 e. The highest BCUT2D eigenvalue weighted by molar-refractivity contribution is 7.88. The van der Waals surface area contributed by atoms with E-state index in [-0.39, 0.29) is 17.9 Å². The predicted octanol–water partition coefficient (Wildman–Crippen LogP) is 5.79. The Labute approximate surface area is 258 Å². The molecule has 0 spiro atoms. The first-order valence-electron chi connectivity index (χ1n) is 14.1. The van der Waals surface area contributed by atoms with E-state index in [1.807, 2.05) is 39.0 Å². The fourth-order valence-corrected chi connectivity index (χ4v) is 5.58. The number of pyridine rings is 3. The summed E-state index contributed by atoms with van der Waals surface area (Å²) < 4.78 is 40.2. The van der Waals surface area contributed by atoms with Crippen LogP contribution in [-0.2, 0) is 21.4 Å². The molecule has 0 aliphatic heterocycles. The number of nitrogens with one attached hydrogen (secondary N) is 4. The summed E-state index contributed by atoms with van der Waals surface area (Å²) in [6, 6.07) is 10.1. The fraction of sp³-hybridized carbons (Fsp3) is 0.219. The van der Waals surface area contributed by atoms with E-state index in [0.717, 1.165) is 33.6 Å². The molecule has 45 heavy (non-hydrogen) atoms. The molecule has 0 aliphatic rings. The second-order valence-electron chi connectivity index (χ2n) is 12.2. The summed E-state index contributed by atoms with van der Waals surface area (Å²) in [5.74, 6) is -0.578. The summed E-state index contributed by atoms with van der Waals surface area (Å²) in [6.45, 7) is 5.98. The van der Waals surface area contributed by atoms with Crippen LogP contribution in [0, 0.1) is 11.2 Å². The van der Waals surface area contributed by atoms with E-state index in [2.05, 4.69) is 40.2 Å². The number of halogens is 1. The summed E-state index contributed by atoms with van der Waals surface area (Å²) in [7, 11) is -3.45. The van der Waals surface area contributed by atoms with Crippen molar-refractivity contribution in [3.8, 4) is 33.8 Å². The quantitative estimate of drug-likeness (QED) is 0.166. The summed E-state index contributed by atoms with van der Waals surface area (Å²) in [5, 5.41) is 12.1. The van der Waals surface area contributed by atoms with Crippen LogP contribution in [0.15, 0.2) is 67.4 Å². The van der Waals surface area contributed by atoms with Gasteiger partial charge in [-0.1, -0.05) is 20.8 Å². The Morgan fingerprint density at radius 3 is 2.49 bits per heavy atom. The van der Waals surface area contributed by atoms with Crippen molar-refractivity contribution in [2.24, 2.45) is 5.41 Å². The molecule has 11 nitrogen and oxygen atoms in total. The van der Waals surface area contributed by atoms with Gasteiger partial charge in [-0.05, 0) is 52.9 Å². The Balaban J connectivity index is 1.34. The number of aromatic amines is 2. The molecule has 0 unspecified atom stereocenters. The number of hydrogen-bond donors (Lipinski definition) is 4. The van der Waals surface area contributed by atoms with Crippen molar-refractivity contribution in [1.29, 1.82) is 0 Å². The third-order valence-electron chi connectivity index (χ3n) is 7.06. The maximum absolute atomic E-state index is 14.6. The van der Waals surface area contributed by atoms with Crippen LogP contribution < -0.4 is 10.0 Å². The number of sulfonamides is 1. The smallest absolute Gasteiger partial charge is 0.224 e. The molecular weight excluding hydrogens is 595 g/mol. The van der Waals surface area contributed by atoms with Crippen LogP contribution in [0.1, 0.15) is 32.8 Å². The number of nitrogens with zero attached hydrogens (tertiary/aromatic N) is 4. The zero-order valence-electron chi connectivity index (χ0n) is 25.1. The van der Waals surface area contributed by atoms with Gasteiger partial charge in [0.1, 0.15) is 11.5 Å². The van der Waals surface area contributed by atoms with Crippen molar-refractivity contribution in [3.05, 3.63) is 78.8 Å². The molecule has 0 atom stereocenters. The van der Waals surface area contributed by atoms with Crippen LogP contribution >= 0.6 is 0 Å². The number of fused-ring (bicyclic) bond motifs is 2. The zero-order chi connectivity index (χ0) is 31.9. The Bertz CT molecular complexity index is 2180. The van der Waals surface area contributed by atoms with Gasteiger partial charge in [0.25, 0.3) is 0 Å². The highest BCUT2D eigenvalue weighted by atomic mass is 32.2. The number of aromatic nitrogens is 6. The lowest BCUT2D eigenvalue weighted by Crippen LogP contribution is -2.21. The van der Waals surface area contributed by atoms with Crippen LogP contribution in [0.5, 0.6) is 0 Å². The summed E-state index contributed by atoms with van der Waals surface area (Å²) in [6.07, 6.45) is 9.75. The molecule has 5 heterocycles. The first kappa shape index (κ1) is 30.0. The van der Waals surface area contributed by atoms with Crippen molar-refractivity contribution in [2.45, 2.75) is 33.7 Å².